The molecule has 0 spiro atoms. The molecular weight excluding hydrogens is 469 g/mol. The fourth-order valence-corrected chi connectivity index (χ4v) is 4.90. The van der Waals surface area contributed by atoms with Gasteiger partial charge in [-0.05, 0) is 66.7 Å². The van der Waals surface area contributed by atoms with Crippen molar-refractivity contribution in [2.75, 3.05) is 35.8 Å². The monoisotopic (exact) mass is 489 g/mol. The highest BCUT2D eigenvalue weighted by Crippen LogP contribution is 2.22. The largest absolute Gasteiger partial charge is 0.368 e. The molecule has 1 aliphatic heterocycles. The van der Waals surface area contributed by atoms with Crippen LogP contribution in [0.1, 0.15) is 10.4 Å². The molecular formula is C23H21Cl2N3O3S. The van der Waals surface area contributed by atoms with Crippen LogP contribution < -0.4 is 9.62 Å². The molecule has 0 aliphatic carbocycles. The van der Waals surface area contributed by atoms with Crippen LogP contribution in [0.15, 0.2) is 77.7 Å². The molecule has 1 saturated heterocycles. The van der Waals surface area contributed by atoms with Gasteiger partial charge in [0.05, 0.1) is 4.90 Å². The van der Waals surface area contributed by atoms with Gasteiger partial charge in [-0.2, -0.15) is 0 Å². The number of rotatable bonds is 5. The second kappa shape index (κ2) is 9.40. The lowest BCUT2D eigenvalue weighted by Gasteiger charge is -2.36. The molecule has 0 aromatic heterocycles. The highest BCUT2D eigenvalue weighted by atomic mass is 35.5. The van der Waals surface area contributed by atoms with Gasteiger partial charge in [-0.25, -0.2) is 8.42 Å². The first kappa shape index (κ1) is 22.5. The summed E-state index contributed by atoms with van der Waals surface area (Å²) in [6.45, 7) is 2.54. The van der Waals surface area contributed by atoms with Crippen LogP contribution >= 0.6 is 23.2 Å². The zero-order chi connectivity index (χ0) is 22.7. The molecule has 6 nitrogen and oxygen atoms in total. The number of nitrogens with zero attached hydrogens (tertiary/aromatic N) is 2. The zero-order valence-corrected chi connectivity index (χ0v) is 19.4. The van der Waals surface area contributed by atoms with E-state index in [4.69, 9.17) is 23.2 Å². The Balaban J connectivity index is 1.39. The summed E-state index contributed by atoms with van der Waals surface area (Å²) in [5, 5.41) is 1.20. The molecule has 0 saturated carbocycles. The minimum absolute atomic E-state index is 0.0785. The van der Waals surface area contributed by atoms with E-state index in [0.29, 0.717) is 47.5 Å². The number of anilines is 2. The van der Waals surface area contributed by atoms with E-state index in [1.54, 1.807) is 41.3 Å². The molecule has 9 heteroatoms. The van der Waals surface area contributed by atoms with E-state index in [1.807, 2.05) is 24.3 Å². The molecule has 3 aromatic rings. The van der Waals surface area contributed by atoms with Gasteiger partial charge in [0, 0.05) is 53.2 Å². The van der Waals surface area contributed by atoms with Crippen molar-refractivity contribution in [1.82, 2.24) is 4.90 Å². The Bertz CT molecular complexity index is 1210. The normalized spacial score (nSPS) is 14.3. The number of nitrogens with one attached hydrogen (secondary N) is 1. The molecule has 0 radical (unpaired) electrons. The topological polar surface area (TPSA) is 69.7 Å². The molecule has 166 valence electrons. The minimum atomic E-state index is -3.77. The minimum Gasteiger partial charge on any atom is -0.368 e. The summed E-state index contributed by atoms with van der Waals surface area (Å²) in [5.41, 5.74) is 1.89. The van der Waals surface area contributed by atoms with E-state index in [0.717, 1.165) is 5.69 Å². The SMILES string of the molecule is O=C(c1ccc(S(=O)(=O)Nc2ccc(Cl)cc2)cc1)N1CCN(c2cccc(Cl)c2)CC1. The lowest BCUT2D eigenvalue weighted by Crippen LogP contribution is -2.48. The van der Waals surface area contributed by atoms with Crippen molar-refractivity contribution in [2.24, 2.45) is 0 Å². The third kappa shape index (κ3) is 5.18. The van der Waals surface area contributed by atoms with E-state index in [1.165, 1.54) is 12.1 Å². The van der Waals surface area contributed by atoms with Gasteiger partial charge in [-0.1, -0.05) is 29.3 Å². The number of halogens is 2. The van der Waals surface area contributed by atoms with Crippen molar-refractivity contribution in [3.8, 4) is 0 Å². The quantitative estimate of drug-likeness (QED) is 0.560. The summed E-state index contributed by atoms with van der Waals surface area (Å²) in [7, 11) is -3.77. The van der Waals surface area contributed by atoms with E-state index in [-0.39, 0.29) is 10.8 Å². The van der Waals surface area contributed by atoms with E-state index in [2.05, 4.69) is 9.62 Å². The molecule has 4 rings (SSSR count). The number of amides is 1. The van der Waals surface area contributed by atoms with Gasteiger partial charge >= 0.3 is 0 Å². The molecule has 0 unspecified atom stereocenters. The molecule has 1 amide bonds. The average molecular weight is 490 g/mol. The Labute approximate surface area is 197 Å². The lowest BCUT2D eigenvalue weighted by molar-refractivity contribution is 0.0746. The predicted molar refractivity (Wildman–Crippen MR) is 128 cm³/mol. The molecule has 0 bridgehead atoms. The maximum Gasteiger partial charge on any atom is 0.261 e. The predicted octanol–water partition coefficient (Wildman–Crippen LogP) is 4.76. The van der Waals surface area contributed by atoms with Crippen LogP contribution in [0.3, 0.4) is 0 Å². The van der Waals surface area contributed by atoms with Gasteiger partial charge in [-0.3, -0.25) is 9.52 Å². The summed E-state index contributed by atoms with van der Waals surface area (Å²) >= 11 is 11.9. The van der Waals surface area contributed by atoms with Gasteiger partial charge in [0.1, 0.15) is 0 Å². The first-order valence-electron chi connectivity index (χ1n) is 10.00. The van der Waals surface area contributed by atoms with E-state index >= 15 is 0 Å². The smallest absolute Gasteiger partial charge is 0.261 e. The summed E-state index contributed by atoms with van der Waals surface area (Å²) in [5.74, 6) is -0.120. The van der Waals surface area contributed by atoms with Crippen LogP contribution in [-0.2, 0) is 10.0 Å². The van der Waals surface area contributed by atoms with Crippen LogP contribution in [0.4, 0.5) is 11.4 Å². The van der Waals surface area contributed by atoms with E-state index in [9.17, 15) is 13.2 Å². The number of hydrogen-bond acceptors (Lipinski definition) is 4. The molecule has 1 heterocycles. The van der Waals surface area contributed by atoms with Crippen LogP contribution in [-0.4, -0.2) is 45.4 Å². The second-order valence-corrected chi connectivity index (χ2v) is 9.95. The summed E-state index contributed by atoms with van der Waals surface area (Å²) < 4.78 is 27.7. The average Bonchev–Trinajstić information content (AvgIpc) is 2.80. The molecule has 1 N–H and O–H groups in total. The zero-order valence-electron chi connectivity index (χ0n) is 17.0. The van der Waals surface area contributed by atoms with Gasteiger partial charge in [0.15, 0.2) is 0 Å². The van der Waals surface area contributed by atoms with Crippen molar-refractivity contribution >= 4 is 50.5 Å². The molecule has 32 heavy (non-hydrogen) atoms. The lowest BCUT2D eigenvalue weighted by atomic mass is 10.1. The fourth-order valence-electron chi connectivity index (χ4n) is 3.53. The van der Waals surface area contributed by atoms with Gasteiger partial charge < -0.3 is 9.80 Å². The molecule has 0 atom stereocenters. The van der Waals surface area contributed by atoms with Gasteiger partial charge in [0.25, 0.3) is 15.9 Å². The van der Waals surface area contributed by atoms with Crippen molar-refractivity contribution in [3.05, 3.63) is 88.4 Å². The van der Waals surface area contributed by atoms with Gasteiger partial charge in [0.2, 0.25) is 0 Å². The Kier molecular flexibility index (Phi) is 6.60. The highest BCUT2D eigenvalue weighted by molar-refractivity contribution is 7.92. The molecule has 1 aliphatic rings. The summed E-state index contributed by atoms with van der Waals surface area (Å²) in [6, 6.07) is 20.0. The highest BCUT2D eigenvalue weighted by Gasteiger charge is 2.23. The first-order chi connectivity index (χ1) is 15.3. The maximum atomic E-state index is 12.9. The third-order valence-corrected chi connectivity index (χ3v) is 7.13. The Morgan fingerprint density at radius 1 is 0.812 bits per heavy atom. The van der Waals surface area contributed by atoms with Crippen molar-refractivity contribution < 1.29 is 13.2 Å². The van der Waals surface area contributed by atoms with Crippen LogP contribution in [0, 0.1) is 0 Å². The fraction of sp³-hybridized carbons (Fsp3) is 0.174. The second-order valence-electron chi connectivity index (χ2n) is 7.40. The Morgan fingerprint density at radius 2 is 1.47 bits per heavy atom. The van der Waals surface area contributed by atoms with Crippen molar-refractivity contribution in [1.29, 1.82) is 0 Å². The summed E-state index contributed by atoms with van der Waals surface area (Å²) in [4.78, 5) is 16.9. The van der Waals surface area contributed by atoms with Crippen LogP contribution in [0.25, 0.3) is 0 Å². The standard InChI is InChI=1S/C23H21Cl2N3O3S/c24-18-6-8-20(9-7-18)26-32(30,31)22-10-4-17(5-11-22)23(29)28-14-12-27(13-15-28)21-3-1-2-19(25)16-21/h1-11,16,26H,12-15H2. The van der Waals surface area contributed by atoms with Crippen molar-refractivity contribution in [3.63, 3.8) is 0 Å². The van der Waals surface area contributed by atoms with Crippen molar-refractivity contribution in [2.45, 2.75) is 4.90 Å². The summed E-state index contributed by atoms with van der Waals surface area (Å²) in [6.07, 6.45) is 0. The Hall–Kier alpha value is -2.74. The van der Waals surface area contributed by atoms with Crippen LogP contribution in [0.5, 0.6) is 0 Å². The third-order valence-electron chi connectivity index (χ3n) is 5.25. The number of sulfonamides is 1. The number of carbonyl (C=O) groups excluding carboxylic acids is 1. The van der Waals surface area contributed by atoms with Crippen LogP contribution in [0.2, 0.25) is 10.0 Å². The number of carbonyl (C=O) groups is 1. The Morgan fingerprint density at radius 3 is 2.09 bits per heavy atom. The van der Waals surface area contributed by atoms with E-state index < -0.39 is 10.0 Å². The number of benzene rings is 3. The maximum absolute atomic E-state index is 12.9. The first-order valence-corrected chi connectivity index (χ1v) is 12.2. The number of piperazine rings is 1. The van der Waals surface area contributed by atoms with Gasteiger partial charge in [-0.15, -0.1) is 0 Å². The molecule has 3 aromatic carbocycles. The number of hydrogen-bond donors (Lipinski definition) is 1. The molecule has 1 fully saturated rings.